The molecular weight excluding hydrogens is 558 g/mol. The Kier molecular flexibility index (Phi) is 9.54. The Morgan fingerprint density at radius 2 is 1.28 bits per heavy atom. The van der Waals surface area contributed by atoms with Crippen molar-refractivity contribution in [2.75, 3.05) is 13.1 Å². The summed E-state index contributed by atoms with van der Waals surface area (Å²) in [5.74, 6) is 2.01. The highest BCUT2D eigenvalue weighted by Gasteiger charge is 2.23. The van der Waals surface area contributed by atoms with Crippen LogP contribution in [0.25, 0.3) is 10.8 Å². The molecule has 0 aromatic heterocycles. The smallest absolute Gasteiger partial charge is 0.120 e. The van der Waals surface area contributed by atoms with Crippen LogP contribution < -0.4 is 4.74 Å². The zero-order chi connectivity index (χ0) is 31.0. The number of hydrogen-bond donors (Lipinski definition) is 0. The molecule has 1 aliphatic rings. The van der Waals surface area contributed by atoms with E-state index in [0.717, 1.165) is 44.6 Å². The number of fused-ring (bicyclic) bond motifs is 2. The first-order valence-electron chi connectivity index (χ1n) is 16.9. The van der Waals surface area contributed by atoms with Gasteiger partial charge in [0.15, 0.2) is 0 Å². The van der Waals surface area contributed by atoms with Gasteiger partial charge in [-0.05, 0) is 100 Å². The molecule has 230 valence electrons. The van der Waals surface area contributed by atoms with Gasteiger partial charge in [0.25, 0.3) is 0 Å². The topological polar surface area (TPSA) is 12.5 Å². The minimum Gasteiger partial charge on any atom is -0.489 e. The lowest BCUT2D eigenvalue weighted by molar-refractivity contribution is 0.207. The molecule has 0 amide bonds. The lowest BCUT2D eigenvalue weighted by atomic mass is 9.83. The Morgan fingerprint density at radius 3 is 2.02 bits per heavy atom. The Hall–Kier alpha value is -4.66. The fraction of sp³-hybridized carbons (Fsp3) is 0.227. The van der Waals surface area contributed by atoms with Crippen molar-refractivity contribution in [2.45, 2.75) is 44.8 Å². The molecule has 6 aromatic carbocycles. The molecule has 0 saturated carbocycles. The second kappa shape index (κ2) is 14.6. The Labute approximate surface area is 274 Å². The van der Waals surface area contributed by atoms with Crippen LogP contribution in [0, 0.1) is 5.92 Å². The molecule has 1 unspecified atom stereocenters. The van der Waals surface area contributed by atoms with E-state index >= 15 is 0 Å². The van der Waals surface area contributed by atoms with Crippen LogP contribution in [0.3, 0.4) is 0 Å². The molecule has 0 fully saturated rings. The maximum atomic E-state index is 6.28. The van der Waals surface area contributed by atoms with Gasteiger partial charge < -0.3 is 4.74 Å². The van der Waals surface area contributed by atoms with Crippen molar-refractivity contribution in [3.63, 3.8) is 0 Å². The maximum absolute atomic E-state index is 6.28. The molecule has 0 radical (unpaired) electrons. The maximum Gasteiger partial charge on any atom is 0.120 e. The van der Waals surface area contributed by atoms with Crippen molar-refractivity contribution in [1.82, 2.24) is 4.90 Å². The monoisotopic (exact) mass is 601 g/mol. The number of aryl methyl sites for hydroxylation is 1. The van der Waals surface area contributed by atoms with Gasteiger partial charge in [-0.15, -0.1) is 0 Å². The third kappa shape index (κ3) is 7.58. The molecule has 0 spiro atoms. The first-order chi connectivity index (χ1) is 22.8. The Morgan fingerprint density at radius 1 is 0.609 bits per heavy atom. The summed E-state index contributed by atoms with van der Waals surface area (Å²) in [6, 6.07) is 55.0. The zero-order valence-electron chi connectivity index (χ0n) is 26.6. The number of ether oxygens (including phenoxy) is 1. The molecule has 7 rings (SSSR count). The van der Waals surface area contributed by atoms with Gasteiger partial charge in [-0.1, -0.05) is 133 Å². The fourth-order valence-electron chi connectivity index (χ4n) is 7.20. The van der Waals surface area contributed by atoms with Gasteiger partial charge in [0.2, 0.25) is 0 Å². The van der Waals surface area contributed by atoms with Gasteiger partial charge >= 0.3 is 0 Å². The van der Waals surface area contributed by atoms with Crippen LogP contribution in [0.4, 0.5) is 0 Å². The van der Waals surface area contributed by atoms with E-state index in [1.807, 2.05) is 0 Å². The van der Waals surface area contributed by atoms with Crippen LogP contribution in [-0.4, -0.2) is 18.0 Å². The predicted octanol–water partition coefficient (Wildman–Crippen LogP) is 10.2. The first kappa shape index (κ1) is 30.0. The third-order valence-electron chi connectivity index (χ3n) is 9.63. The molecule has 46 heavy (non-hydrogen) atoms. The van der Waals surface area contributed by atoms with E-state index in [4.69, 9.17) is 4.74 Å². The summed E-state index contributed by atoms with van der Waals surface area (Å²) >= 11 is 0. The van der Waals surface area contributed by atoms with E-state index in [-0.39, 0.29) is 0 Å². The normalized spacial score (nSPS) is 14.4. The van der Waals surface area contributed by atoms with Crippen LogP contribution in [0.1, 0.15) is 52.1 Å². The second-order valence-electron chi connectivity index (χ2n) is 12.9. The van der Waals surface area contributed by atoms with E-state index in [9.17, 15) is 0 Å². The van der Waals surface area contributed by atoms with Gasteiger partial charge in [-0.3, -0.25) is 4.90 Å². The number of hydrogen-bond acceptors (Lipinski definition) is 2. The summed E-state index contributed by atoms with van der Waals surface area (Å²) in [4.78, 5) is 2.71. The molecule has 1 aliphatic carbocycles. The molecule has 6 aromatic rings. The highest BCUT2D eigenvalue weighted by atomic mass is 16.5. The molecule has 0 saturated heterocycles. The van der Waals surface area contributed by atoms with Crippen LogP contribution in [-0.2, 0) is 26.0 Å². The molecule has 0 N–H and O–H groups in total. The van der Waals surface area contributed by atoms with E-state index in [1.54, 1.807) is 0 Å². The highest BCUT2D eigenvalue weighted by molar-refractivity contribution is 5.82. The predicted molar refractivity (Wildman–Crippen MR) is 191 cm³/mol. The van der Waals surface area contributed by atoms with Crippen molar-refractivity contribution in [3.8, 4) is 5.75 Å². The minimum atomic E-state index is 0.390. The minimum absolute atomic E-state index is 0.390. The first-order valence-corrected chi connectivity index (χ1v) is 16.9. The summed E-state index contributed by atoms with van der Waals surface area (Å²) < 4.78 is 6.28. The largest absolute Gasteiger partial charge is 0.489 e. The fourth-order valence-corrected chi connectivity index (χ4v) is 7.20. The average Bonchev–Trinajstić information content (AvgIpc) is 3.12. The van der Waals surface area contributed by atoms with Gasteiger partial charge in [0.1, 0.15) is 12.4 Å². The van der Waals surface area contributed by atoms with Gasteiger partial charge in [0.05, 0.1) is 0 Å². The van der Waals surface area contributed by atoms with Crippen LogP contribution in [0.5, 0.6) is 5.75 Å². The number of rotatable bonds is 12. The molecule has 2 nitrogen and oxygen atoms in total. The summed E-state index contributed by atoms with van der Waals surface area (Å²) in [7, 11) is 0. The van der Waals surface area contributed by atoms with Crippen LogP contribution in [0.2, 0.25) is 0 Å². The molecular formula is C44H43NO. The summed E-state index contributed by atoms with van der Waals surface area (Å²) in [6.07, 6.45) is 4.56. The van der Waals surface area contributed by atoms with Crippen molar-refractivity contribution in [2.24, 2.45) is 5.92 Å². The molecule has 0 heterocycles. The summed E-state index contributed by atoms with van der Waals surface area (Å²) in [5.41, 5.74) is 8.34. The van der Waals surface area contributed by atoms with Gasteiger partial charge in [0, 0.05) is 19.0 Å². The molecule has 0 aliphatic heterocycles. The van der Waals surface area contributed by atoms with Gasteiger partial charge in [-0.25, -0.2) is 0 Å². The Bertz CT molecular complexity index is 1790. The average molecular weight is 602 g/mol. The molecule has 0 bridgehead atoms. The summed E-state index contributed by atoms with van der Waals surface area (Å²) in [5, 5.41) is 2.53. The Balaban J connectivity index is 1.02. The lowest BCUT2D eigenvalue weighted by Gasteiger charge is -2.32. The number of nitrogens with zero attached hydrogens (tertiary/aromatic N) is 1. The van der Waals surface area contributed by atoms with Crippen molar-refractivity contribution >= 4 is 10.8 Å². The van der Waals surface area contributed by atoms with Gasteiger partial charge in [-0.2, -0.15) is 0 Å². The quantitative estimate of drug-likeness (QED) is 0.138. The van der Waals surface area contributed by atoms with Crippen molar-refractivity contribution in [1.29, 1.82) is 0 Å². The third-order valence-corrected chi connectivity index (χ3v) is 9.63. The molecule has 1 atom stereocenters. The zero-order valence-corrected chi connectivity index (χ0v) is 26.6. The van der Waals surface area contributed by atoms with E-state index in [0.29, 0.717) is 18.4 Å². The number of benzene rings is 6. The molecule has 2 heteroatoms. The van der Waals surface area contributed by atoms with Crippen LogP contribution in [0.15, 0.2) is 152 Å². The second-order valence-corrected chi connectivity index (χ2v) is 12.9. The van der Waals surface area contributed by atoms with Crippen molar-refractivity contribution < 1.29 is 4.74 Å². The van der Waals surface area contributed by atoms with Crippen LogP contribution >= 0.6 is 0 Å². The lowest BCUT2D eigenvalue weighted by Crippen LogP contribution is -2.33. The van der Waals surface area contributed by atoms with E-state index in [2.05, 4.69) is 157 Å². The summed E-state index contributed by atoms with van der Waals surface area (Å²) in [6.45, 7) is 3.76. The van der Waals surface area contributed by atoms with E-state index < -0.39 is 0 Å². The standard InChI is InChI=1S/C44H43NO/c1-4-12-34(13-5-1)31-45(27-26-44(38-15-6-2-7-16-38)39-17-8-3-9-18-39)32-35-20-23-42-30-43(25-24-41(42)28-35)46-33-36-21-22-37-14-10-11-19-40(37)29-36/h1-19,21-22,24-25,29-30,35,44H,20,23,26-28,31-33H2. The van der Waals surface area contributed by atoms with Crippen molar-refractivity contribution in [3.05, 3.63) is 185 Å². The highest BCUT2D eigenvalue weighted by Crippen LogP contribution is 2.32. The SMILES string of the molecule is c1ccc(CN(CCC(c2ccccc2)c2ccccc2)CC2CCc3cc(OCc4ccc5ccccc5c4)ccc3C2)cc1. The van der Waals surface area contributed by atoms with E-state index in [1.165, 1.54) is 50.6 Å².